The van der Waals surface area contributed by atoms with Crippen LogP contribution in [0.2, 0.25) is 0 Å². The van der Waals surface area contributed by atoms with Crippen molar-refractivity contribution in [1.29, 1.82) is 0 Å². The zero-order valence-corrected chi connectivity index (χ0v) is 20.4. The Kier molecular flexibility index (Phi) is 7.86. The largest absolute Gasteiger partial charge is 0.393 e. The van der Waals surface area contributed by atoms with Crippen molar-refractivity contribution in [2.75, 3.05) is 13.1 Å². The molecule has 2 aliphatic rings. The van der Waals surface area contributed by atoms with Crippen molar-refractivity contribution in [3.05, 3.63) is 35.4 Å². The zero-order chi connectivity index (χ0) is 23.5. The molecule has 1 aliphatic heterocycles. The summed E-state index contributed by atoms with van der Waals surface area (Å²) < 4.78 is 0. The third-order valence-electron chi connectivity index (χ3n) is 7.27. The van der Waals surface area contributed by atoms with Crippen LogP contribution in [-0.2, 0) is 4.79 Å². The van der Waals surface area contributed by atoms with Crippen molar-refractivity contribution < 1.29 is 14.7 Å². The number of hydrogen-bond donors (Lipinski definition) is 3. The number of hydrogen-bond acceptors (Lipinski definition) is 3. The number of aliphatic hydroxyl groups is 1. The number of urea groups is 1. The van der Waals surface area contributed by atoms with Gasteiger partial charge in [-0.25, -0.2) is 4.79 Å². The minimum absolute atomic E-state index is 0.000590. The van der Waals surface area contributed by atoms with Crippen LogP contribution in [-0.4, -0.2) is 53.2 Å². The molecule has 32 heavy (non-hydrogen) atoms. The Balaban J connectivity index is 1.61. The minimum Gasteiger partial charge on any atom is -0.393 e. The first-order valence-corrected chi connectivity index (χ1v) is 12.2. The third-order valence-corrected chi connectivity index (χ3v) is 7.27. The van der Waals surface area contributed by atoms with Crippen molar-refractivity contribution in [3.63, 3.8) is 0 Å². The van der Waals surface area contributed by atoms with Crippen LogP contribution in [0.1, 0.15) is 76.8 Å². The highest BCUT2D eigenvalue weighted by Crippen LogP contribution is 2.42. The van der Waals surface area contributed by atoms with Gasteiger partial charge in [-0.2, -0.15) is 0 Å². The molecule has 1 aliphatic carbocycles. The summed E-state index contributed by atoms with van der Waals surface area (Å²) >= 11 is 0. The van der Waals surface area contributed by atoms with E-state index >= 15 is 0 Å². The molecule has 1 heterocycles. The topological polar surface area (TPSA) is 81.7 Å². The van der Waals surface area contributed by atoms with Gasteiger partial charge in [0.15, 0.2) is 0 Å². The monoisotopic (exact) mass is 443 g/mol. The van der Waals surface area contributed by atoms with Crippen LogP contribution in [0.25, 0.3) is 0 Å². The Morgan fingerprint density at radius 2 is 1.69 bits per heavy atom. The average molecular weight is 444 g/mol. The molecule has 6 nitrogen and oxygen atoms in total. The number of aliphatic hydroxyl groups excluding tert-OH is 1. The fourth-order valence-electron chi connectivity index (χ4n) is 5.26. The summed E-state index contributed by atoms with van der Waals surface area (Å²) in [5.74, 6) is 0.409. The number of aryl methyl sites for hydroxylation is 1. The molecular weight excluding hydrogens is 402 g/mol. The molecule has 6 heteroatoms. The summed E-state index contributed by atoms with van der Waals surface area (Å²) in [6, 6.07) is 7.98. The molecule has 1 saturated carbocycles. The Labute approximate surface area is 193 Å². The Hall–Kier alpha value is -2.08. The maximum absolute atomic E-state index is 13.4. The van der Waals surface area contributed by atoms with E-state index in [1.807, 2.05) is 18.7 Å². The second kappa shape index (κ2) is 10.2. The lowest BCUT2D eigenvalue weighted by Crippen LogP contribution is -2.58. The van der Waals surface area contributed by atoms with Crippen LogP contribution in [0.15, 0.2) is 24.3 Å². The fourth-order valence-corrected chi connectivity index (χ4v) is 5.26. The number of benzene rings is 1. The number of rotatable bonds is 5. The van der Waals surface area contributed by atoms with Gasteiger partial charge in [0, 0.05) is 19.1 Å². The first-order chi connectivity index (χ1) is 15.1. The second-order valence-electron chi connectivity index (χ2n) is 10.8. The molecule has 0 aromatic heterocycles. The third kappa shape index (κ3) is 6.03. The molecule has 2 fully saturated rings. The summed E-state index contributed by atoms with van der Waals surface area (Å²) in [6.45, 7) is 11.9. The van der Waals surface area contributed by atoms with Crippen LogP contribution >= 0.6 is 0 Å². The van der Waals surface area contributed by atoms with Crippen LogP contribution in [0.5, 0.6) is 0 Å². The van der Waals surface area contributed by atoms with Gasteiger partial charge < -0.3 is 20.6 Å². The molecule has 0 bridgehead atoms. The highest BCUT2D eigenvalue weighted by atomic mass is 16.3. The number of likely N-dealkylation sites (tertiary alicyclic amines) is 1. The molecule has 1 aromatic carbocycles. The number of carbonyl (C=O) groups excluding carboxylic acids is 2. The van der Waals surface area contributed by atoms with Gasteiger partial charge in [0.05, 0.1) is 6.10 Å². The molecule has 3 amide bonds. The Bertz CT molecular complexity index is 782. The molecule has 3 N–H and O–H groups in total. The predicted molar refractivity (Wildman–Crippen MR) is 127 cm³/mol. The highest BCUT2D eigenvalue weighted by molar-refractivity contribution is 5.87. The van der Waals surface area contributed by atoms with E-state index in [4.69, 9.17) is 0 Å². The van der Waals surface area contributed by atoms with Crippen molar-refractivity contribution in [2.45, 2.75) is 90.8 Å². The van der Waals surface area contributed by atoms with Gasteiger partial charge >= 0.3 is 6.03 Å². The van der Waals surface area contributed by atoms with E-state index in [1.54, 1.807) is 0 Å². The molecule has 2 atom stereocenters. The van der Waals surface area contributed by atoms with E-state index in [1.165, 1.54) is 11.1 Å². The number of amides is 3. The minimum atomic E-state index is -0.545. The molecular formula is C26H41N3O3. The molecule has 1 saturated heterocycles. The summed E-state index contributed by atoms with van der Waals surface area (Å²) in [5.41, 5.74) is 2.55. The normalized spacial score (nSPS) is 26.5. The van der Waals surface area contributed by atoms with Gasteiger partial charge in [-0.05, 0) is 61.8 Å². The maximum Gasteiger partial charge on any atom is 0.315 e. The predicted octanol–water partition coefficient (Wildman–Crippen LogP) is 3.96. The lowest BCUT2D eigenvalue weighted by molar-refractivity contribution is -0.137. The number of piperidine rings is 1. The van der Waals surface area contributed by atoms with E-state index < -0.39 is 6.04 Å². The lowest BCUT2D eigenvalue weighted by atomic mass is 9.70. The van der Waals surface area contributed by atoms with Crippen molar-refractivity contribution >= 4 is 11.9 Å². The van der Waals surface area contributed by atoms with Crippen LogP contribution in [0.4, 0.5) is 4.79 Å². The van der Waals surface area contributed by atoms with Gasteiger partial charge in [0.2, 0.25) is 5.91 Å². The molecule has 0 spiro atoms. The van der Waals surface area contributed by atoms with Crippen LogP contribution in [0.3, 0.4) is 0 Å². The first kappa shape index (κ1) is 24.6. The standard InChI is InChI=1S/C26H41N3O3/c1-17(2)23(28-25(32)27-20-10-12-21(30)13-11-20)24(31)29-15-14-22(26(4,5)16-29)19-8-6-18(3)7-9-19/h6-9,17,20-23,30H,10-16H2,1-5H3,(H2,27,28,32)/t20?,21?,22?,23-/m1/s1. The lowest BCUT2D eigenvalue weighted by Gasteiger charge is -2.45. The second-order valence-corrected chi connectivity index (χ2v) is 10.8. The van der Waals surface area contributed by atoms with Crippen LogP contribution in [0, 0.1) is 18.3 Å². The summed E-state index contributed by atoms with van der Waals surface area (Å²) in [4.78, 5) is 28.0. The Morgan fingerprint density at radius 1 is 1.06 bits per heavy atom. The molecule has 0 radical (unpaired) electrons. The average Bonchev–Trinajstić information content (AvgIpc) is 2.73. The van der Waals surface area contributed by atoms with E-state index in [9.17, 15) is 14.7 Å². The van der Waals surface area contributed by atoms with Gasteiger partial charge in [0.1, 0.15) is 6.04 Å². The van der Waals surface area contributed by atoms with Crippen molar-refractivity contribution in [3.8, 4) is 0 Å². The molecule has 178 valence electrons. The van der Waals surface area contributed by atoms with Crippen molar-refractivity contribution in [2.24, 2.45) is 11.3 Å². The summed E-state index contributed by atoms with van der Waals surface area (Å²) in [5, 5.41) is 15.6. The van der Waals surface area contributed by atoms with Gasteiger partial charge in [-0.3, -0.25) is 4.79 Å². The van der Waals surface area contributed by atoms with Crippen molar-refractivity contribution in [1.82, 2.24) is 15.5 Å². The highest BCUT2D eigenvalue weighted by Gasteiger charge is 2.40. The number of nitrogens with zero attached hydrogens (tertiary/aromatic N) is 1. The van der Waals surface area contributed by atoms with Gasteiger partial charge in [0.25, 0.3) is 0 Å². The molecule has 3 rings (SSSR count). The fraction of sp³-hybridized carbons (Fsp3) is 0.692. The number of nitrogens with one attached hydrogen (secondary N) is 2. The van der Waals surface area contributed by atoms with E-state index in [0.29, 0.717) is 31.8 Å². The summed E-state index contributed by atoms with van der Waals surface area (Å²) in [7, 11) is 0. The smallest absolute Gasteiger partial charge is 0.315 e. The SMILES string of the molecule is Cc1ccc(C2CCN(C(=O)[C@H](NC(=O)NC3CCC(O)CC3)C(C)C)CC2(C)C)cc1. The quantitative estimate of drug-likeness (QED) is 0.644. The van der Waals surface area contributed by atoms with Gasteiger partial charge in [-0.15, -0.1) is 0 Å². The zero-order valence-electron chi connectivity index (χ0n) is 20.4. The van der Waals surface area contributed by atoms with E-state index in [2.05, 4.69) is 55.7 Å². The maximum atomic E-state index is 13.4. The number of carbonyl (C=O) groups is 2. The van der Waals surface area contributed by atoms with E-state index in [-0.39, 0.29) is 35.4 Å². The van der Waals surface area contributed by atoms with Crippen LogP contribution < -0.4 is 10.6 Å². The van der Waals surface area contributed by atoms with E-state index in [0.717, 1.165) is 19.3 Å². The Morgan fingerprint density at radius 3 is 2.25 bits per heavy atom. The molecule has 1 unspecified atom stereocenters. The molecule has 1 aromatic rings. The van der Waals surface area contributed by atoms with Gasteiger partial charge in [-0.1, -0.05) is 57.5 Å². The first-order valence-electron chi connectivity index (χ1n) is 12.2. The summed E-state index contributed by atoms with van der Waals surface area (Å²) in [6.07, 6.45) is 3.63.